The molecule has 3 atom stereocenters. The Labute approximate surface area is 99.3 Å². The molecule has 2 N–H and O–H groups in total. The van der Waals surface area contributed by atoms with Crippen LogP contribution >= 0.6 is 0 Å². The molecule has 2 fully saturated rings. The minimum Gasteiger partial charge on any atom is -0.377 e. The van der Waals surface area contributed by atoms with Crippen LogP contribution < -0.4 is 5.73 Å². The van der Waals surface area contributed by atoms with E-state index in [1.807, 2.05) is 7.11 Å². The van der Waals surface area contributed by atoms with Crippen LogP contribution in [0.15, 0.2) is 0 Å². The number of methoxy groups -OCH3 is 1. The zero-order valence-corrected chi connectivity index (χ0v) is 10.7. The summed E-state index contributed by atoms with van der Waals surface area (Å²) >= 11 is 0. The maximum absolute atomic E-state index is 5.87. The van der Waals surface area contributed by atoms with Crippen LogP contribution in [0.2, 0.25) is 0 Å². The SMILES string of the molecule is COC1(C)CCCN(C2CCCC2CN)C1. The molecule has 2 rings (SSSR count). The number of likely N-dealkylation sites (tertiary alicyclic amines) is 1. The van der Waals surface area contributed by atoms with Crippen molar-refractivity contribution < 1.29 is 4.74 Å². The van der Waals surface area contributed by atoms with Crippen molar-refractivity contribution in [2.75, 3.05) is 26.7 Å². The third-order valence-corrected chi connectivity index (χ3v) is 4.57. The lowest BCUT2D eigenvalue weighted by Crippen LogP contribution is -2.52. The highest BCUT2D eigenvalue weighted by molar-refractivity contribution is 4.92. The fourth-order valence-corrected chi connectivity index (χ4v) is 3.47. The zero-order chi connectivity index (χ0) is 11.6. The smallest absolute Gasteiger partial charge is 0.0777 e. The first-order chi connectivity index (χ1) is 7.68. The van der Waals surface area contributed by atoms with Crippen LogP contribution in [0.1, 0.15) is 39.0 Å². The second-order valence-electron chi connectivity index (χ2n) is 5.72. The van der Waals surface area contributed by atoms with Gasteiger partial charge in [-0.25, -0.2) is 0 Å². The molecule has 1 saturated heterocycles. The van der Waals surface area contributed by atoms with E-state index in [1.54, 1.807) is 0 Å². The average molecular weight is 226 g/mol. The molecule has 0 radical (unpaired) electrons. The number of nitrogens with two attached hydrogens (primary N) is 1. The Bertz CT molecular complexity index is 234. The third-order valence-electron chi connectivity index (χ3n) is 4.57. The van der Waals surface area contributed by atoms with Gasteiger partial charge in [-0.05, 0) is 51.6 Å². The molecular formula is C13H26N2O. The van der Waals surface area contributed by atoms with E-state index in [-0.39, 0.29) is 5.60 Å². The third kappa shape index (κ3) is 2.41. The van der Waals surface area contributed by atoms with Crippen LogP contribution in [0.5, 0.6) is 0 Å². The van der Waals surface area contributed by atoms with E-state index in [4.69, 9.17) is 10.5 Å². The lowest BCUT2D eigenvalue weighted by atomic mass is 9.91. The normalized spacial score (nSPS) is 41.4. The number of nitrogens with zero attached hydrogens (tertiary/aromatic N) is 1. The number of hydrogen-bond donors (Lipinski definition) is 1. The van der Waals surface area contributed by atoms with Gasteiger partial charge in [0.15, 0.2) is 0 Å². The Morgan fingerprint density at radius 3 is 2.88 bits per heavy atom. The Morgan fingerprint density at radius 1 is 1.38 bits per heavy atom. The second-order valence-corrected chi connectivity index (χ2v) is 5.72. The first-order valence-electron chi connectivity index (χ1n) is 6.68. The summed E-state index contributed by atoms with van der Waals surface area (Å²) in [5.74, 6) is 0.721. The van der Waals surface area contributed by atoms with E-state index in [0.717, 1.165) is 25.0 Å². The number of hydrogen-bond acceptors (Lipinski definition) is 3. The fourth-order valence-electron chi connectivity index (χ4n) is 3.47. The molecule has 0 bridgehead atoms. The van der Waals surface area contributed by atoms with Gasteiger partial charge < -0.3 is 10.5 Å². The van der Waals surface area contributed by atoms with E-state index in [0.29, 0.717) is 0 Å². The predicted octanol–water partition coefficient (Wildman–Crippen LogP) is 1.61. The van der Waals surface area contributed by atoms with Gasteiger partial charge in [-0.3, -0.25) is 4.90 Å². The van der Waals surface area contributed by atoms with Gasteiger partial charge in [-0.2, -0.15) is 0 Å². The maximum atomic E-state index is 5.87. The topological polar surface area (TPSA) is 38.5 Å². The lowest BCUT2D eigenvalue weighted by Gasteiger charge is -2.43. The highest BCUT2D eigenvalue weighted by Crippen LogP contribution is 2.33. The molecule has 0 amide bonds. The molecule has 0 aromatic carbocycles. The molecule has 2 aliphatic rings. The van der Waals surface area contributed by atoms with Crippen molar-refractivity contribution in [3.05, 3.63) is 0 Å². The van der Waals surface area contributed by atoms with E-state index < -0.39 is 0 Å². The highest BCUT2D eigenvalue weighted by atomic mass is 16.5. The number of rotatable bonds is 3. The lowest BCUT2D eigenvalue weighted by molar-refractivity contribution is -0.0646. The Balaban J connectivity index is 1.98. The summed E-state index contributed by atoms with van der Waals surface area (Å²) < 4.78 is 5.66. The first-order valence-corrected chi connectivity index (χ1v) is 6.68. The standard InChI is InChI=1S/C13H26N2O/c1-13(16-2)7-4-8-15(10-13)12-6-3-5-11(12)9-14/h11-12H,3-10,14H2,1-2H3. The minimum atomic E-state index is 0.0694. The number of piperidine rings is 1. The van der Waals surface area contributed by atoms with Crippen molar-refractivity contribution in [1.82, 2.24) is 4.90 Å². The van der Waals surface area contributed by atoms with Gasteiger partial charge in [0.05, 0.1) is 5.60 Å². The molecule has 1 heterocycles. The molecule has 1 aliphatic carbocycles. The Morgan fingerprint density at radius 2 is 2.19 bits per heavy atom. The largest absolute Gasteiger partial charge is 0.377 e. The quantitative estimate of drug-likeness (QED) is 0.794. The molecule has 0 aromatic heterocycles. The van der Waals surface area contributed by atoms with Gasteiger partial charge in [0.25, 0.3) is 0 Å². The van der Waals surface area contributed by atoms with Crippen LogP contribution in [-0.2, 0) is 4.74 Å². The monoisotopic (exact) mass is 226 g/mol. The molecule has 1 saturated carbocycles. The first kappa shape index (κ1) is 12.3. The van der Waals surface area contributed by atoms with Gasteiger partial charge in [-0.1, -0.05) is 6.42 Å². The van der Waals surface area contributed by atoms with E-state index >= 15 is 0 Å². The molecule has 3 heteroatoms. The van der Waals surface area contributed by atoms with E-state index in [9.17, 15) is 0 Å². The van der Waals surface area contributed by atoms with Crippen molar-refractivity contribution >= 4 is 0 Å². The molecule has 3 unspecified atom stereocenters. The minimum absolute atomic E-state index is 0.0694. The summed E-state index contributed by atoms with van der Waals surface area (Å²) in [5, 5.41) is 0. The fraction of sp³-hybridized carbons (Fsp3) is 1.00. The Kier molecular flexibility index (Phi) is 3.88. The number of ether oxygens (including phenoxy) is 1. The summed E-state index contributed by atoms with van der Waals surface area (Å²) in [5.41, 5.74) is 5.94. The molecule has 0 aromatic rings. The molecule has 16 heavy (non-hydrogen) atoms. The van der Waals surface area contributed by atoms with Crippen LogP contribution in [0, 0.1) is 5.92 Å². The van der Waals surface area contributed by atoms with Gasteiger partial charge in [0, 0.05) is 19.7 Å². The summed E-state index contributed by atoms with van der Waals surface area (Å²) in [4.78, 5) is 2.64. The van der Waals surface area contributed by atoms with Gasteiger partial charge in [0.1, 0.15) is 0 Å². The van der Waals surface area contributed by atoms with Crippen molar-refractivity contribution in [3.63, 3.8) is 0 Å². The van der Waals surface area contributed by atoms with E-state index in [2.05, 4.69) is 11.8 Å². The van der Waals surface area contributed by atoms with Gasteiger partial charge >= 0.3 is 0 Å². The molecule has 94 valence electrons. The molecule has 3 nitrogen and oxygen atoms in total. The van der Waals surface area contributed by atoms with Crippen molar-refractivity contribution in [2.45, 2.75) is 50.7 Å². The van der Waals surface area contributed by atoms with Gasteiger partial charge in [0.2, 0.25) is 0 Å². The van der Waals surface area contributed by atoms with Crippen LogP contribution in [0.3, 0.4) is 0 Å². The van der Waals surface area contributed by atoms with Gasteiger partial charge in [-0.15, -0.1) is 0 Å². The molecule has 1 aliphatic heterocycles. The summed E-state index contributed by atoms with van der Waals surface area (Å²) in [6.07, 6.45) is 6.47. The predicted molar refractivity (Wildman–Crippen MR) is 66.4 cm³/mol. The molecule has 0 spiro atoms. The average Bonchev–Trinajstić information content (AvgIpc) is 2.77. The second kappa shape index (κ2) is 5.03. The summed E-state index contributed by atoms with van der Waals surface area (Å²) in [6.45, 7) is 5.42. The van der Waals surface area contributed by atoms with Crippen LogP contribution in [-0.4, -0.2) is 43.3 Å². The highest BCUT2D eigenvalue weighted by Gasteiger charge is 2.38. The van der Waals surface area contributed by atoms with E-state index in [1.165, 1.54) is 38.6 Å². The van der Waals surface area contributed by atoms with Crippen molar-refractivity contribution in [2.24, 2.45) is 11.7 Å². The summed E-state index contributed by atoms with van der Waals surface area (Å²) in [6, 6.07) is 0.722. The van der Waals surface area contributed by atoms with Crippen LogP contribution in [0.25, 0.3) is 0 Å². The Hall–Kier alpha value is -0.120. The van der Waals surface area contributed by atoms with Crippen molar-refractivity contribution in [1.29, 1.82) is 0 Å². The molecular weight excluding hydrogens is 200 g/mol. The maximum Gasteiger partial charge on any atom is 0.0777 e. The zero-order valence-electron chi connectivity index (χ0n) is 10.7. The van der Waals surface area contributed by atoms with Crippen molar-refractivity contribution in [3.8, 4) is 0 Å². The summed E-state index contributed by atoms with van der Waals surface area (Å²) in [7, 11) is 1.85. The van der Waals surface area contributed by atoms with Crippen LogP contribution in [0.4, 0.5) is 0 Å².